The molecule has 7 rings (SSSR count). The standard InChI is InChI=1S/C34H41N3O3/c1-34-13-11-28-27-9-6-25(36-26-7-10-30-23(20-26)12-14-35-30)19-22(27)5-8-29(28)33(34)24(21-31(34)38)3-2-4-32(39)37-15-17-40-18-16-37/h6-7,9-10,12,14,19-20,24,28-29,33,35-36H,2-5,8,11,13,15-18,21H2,1H3/t24-,28+,29+,33-,34+/m0/s1. The third kappa shape index (κ3) is 4.54. The largest absolute Gasteiger partial charge is 0.378 e. The number of aromatic amines is 1. The summed E-state index contributed by atoms with van der Waals surface area (Å²) in [5.41, 5.74) is 6.19. The van der Waals surface area contributed by atoms with Gasteiger partial charge in [-0.2, -0.15) is 0 Å². The summed E-state index contributed by atoms with van der Waals surface area (Å²) in [6, 6.07) is 15.5. The van der Waals surface area contributed by atoms with Crippen LogP contribution >= 0.6 is 0 Å². The van der Waals surface area contributed by atoms with Gasteiger partial charge in [0.2, 0.25) is 5.91 Å². The van der Waals surface area contributed by atoms with Crippen molar-refractivity contribution in [3.63, 3.8) is 0 Å². The van der Waals surface area contributed by atoms with Crippen LogP contribution in [0.4, 0.5) is 11.4 Å². The van der Waals surface area contributed by atoms with Crippen molar-refractivity contribution in [3.8, 4) is 0 Å². The van der Waals surface area contributed by atoms with Gasteiger partial charge in [-0.15, -0.1) is 0 Å². The molecule has 5 atom stereocenters. The molecule has 0 bridgehead atoms. The molecule has 0 unspecified atom stereocenters. The summed E-state index contributed by atoms with van der Waals surface area (Å²) < 4.78 is 5.40. The number of ether oxygens (including phenoxy) is 1. The number of H-pyrrole nitrogens is 1. The Morgan fingerprint density at radius 2 is 1.93 bits per heavy atom. The number of fused-ring (bicyclic) bond motifs is 6. The van der Waals surface area contributed by atoms with Gasteiger partial charge in [0, 0.05) is 59.8 Å². The van der Waals surface area contributed by atoms with E-state index in [0.29, 0.717) is 68.6 Å². The van der Waals surface area contributed by atoms with Gasteiger partial charge in [0.1, 0.15) is 5.78 Å². The highest BCUT2D eigenvalue weighted by molar-refractivity contribution is 5.88. The lowest BCUT2D eigenvalue weighted by atomic mass is 9.54. The van der Waals surface area contributed by atoms with E-state index in [1.54, 1.807) is 0 Å². The Labute approximate surface area is 236 Å². The van der Waals surface area contributed by atoms with E-state index in [0.717, 1.165) is 55.4 Å². The summed E-state index contributed by atoms with van der Waals surface area (Å²) in [7, 11) is 0. The molecule has 0 radical (unpaired) electrons. The van der Waals surface area contributed by atoms with Gasteiger partial charge in [-0.05, 0) is 110 Å². The average Bonchev–Trinajstić information content (AvgIpc) is 3.54. The number of carbonyl (C=O) groups excluding carboxylic acids is 2. The Bertz CT molecular complexity index is 1420. The average molecular weight is 540 g/mol. The third-order valence-corrected chi connectivity index (χ3v) is 10.7. The van der Waals surface area contributed by atoms with Gasteiger partial charge in [-0.3, -0.25) is 9.59 Å². The van der Waals surface area contributed by atoms with Crippen LogP contribution < -0.4 is 5.32 Å². The Morgan fingerprint density at radius 1 is 1.10 bits per heavy atom. The van der Waals surface area contributed by atoms with Crippen molar-refractivity contribution in [2.45, 2.75) is 64.2 Å². The molecule has 1 aliphatic heterocycles. The number of aromatic nitrogens is 1. The van der Waals surface area contributed by atoms with Crippen LogP contribution in [-0.4, -0.2) is 47.9 Å². The van der Waals surface area contributed by atoms with E-state index in [1.807, 2.05) is 11.1 Å². The van der Waals surface area contributed by atoms with Gasteiger partial charge >= 0.3 is 0 Å². The second-order valence-corrected chi connectivity index (χ2v) is 12.9. The molecular formula is C34H41N3O3. The molecule has 1 amide bonds. The number of hydrogen-bond acceptors (Lipinski definition) is 4. The molecule has 6 heteroatoms. The van der Waals surface area contributed by atoms with Crippen LogP contribution in [0.25, 0.3) is 10.9 Å². The minimum Gasteiger partial charge on any atom is -0.378 e. The number of carbonyl (C=O) groups is 2. The molecule has 3 fully saturated rings. The summed E-state index contributed by atoms with van der Waals surface area (Å²) in [4.78, 5) is 31.3. The number of nitrogens with zero attached hydrogens (tertiary/aromatic N) is 1. The Balaban J connectivity index is 1.05. The minimum atomic E-state index is -0.185. The highest BCUT2D eigenvalue weighted by Gasteiger charge is 2.58. The van der Waals surface area contributed by atoms with Gasteiger partial charge in [0.15, 0.2) is 0 Å². The number of hydrogen-bond donors (Lipinski definition) is 2. The number of nitrogens with one attached hydrogen (secondary N) is 2. The van der Waals surface area contributed by atoms with Crippen molar-refractivity contribution >= 4 is 34.0 Å². The normalized spacial score (nSPS) is 29.6. The highest BCUT2D eigenvalue weighted by atomic mass is 16.5. The quantitative estimate of drug-likeness (QED) is 0.371. The first-order chi connectivity index (χ1) is 19.5. The molecule has 3 aromatic rings. The fourth-order valence-electron chi connectivity index (χ4n) is 8.77. The first kappa shape index (κ1) is 25.8. The number of aryl methyl sites for hydroxylation is 1. The fraction of sp³-hybridized carbons (Fsp3) is 0.529. The molecule has 1 saturated heterocycles. The van der Waals surface area contributed by atoms with Crippen molar-refractivity contribution < 1.29 is 14.3 Å². The van der Waals surface area contributed by atoms with Crippen LogP contribution in [-0.2, 0) is 20.7 Å². The maximum absolute atomic E-state index is 13.4. The third-order valence-electron chi connectivity index (χ3n) is 10.7. The van der Waals surface area contributed by atoms with E-state index in [-0.39, 0.29) is 11.3 Å². The lowest BCUT2D eigenvalue weighted by molar-refractivity contribution is -0.135. The van der Waals surface area contributed by atoms with E-state index < -0.39 is 0 Å². The number of anilines is 2. The first-order valence-corrected chi connectivity index (χ1v) is 15.4. The van der Waals surface area contributed by atoms with Gasteiger partial charge in [0.25, 0.3) is 0 Å². The van der Waals surface area contributed by atoms with Crippen LogP contribution in [0, 0.1) is 23.2 Å². The molecule has 40 heavy (non-hydrogen) atoms. The topological polar surface area (TPSA) is 74.4 Å². The summed E-state index contributed by atoms with van der Waals surface area (Å²) in [5, 5.41) is 4.83. The second-order valence-electron chi connectivity index (χ2n) is 12.9. The Hall–Kier alpha value is -3.12. The molecule has 2 aromatic carbocycles. The molecule has 4 aliphatic rings. The molecule has 2 N–H and O–H groups in total. The number of rotatable bonds is 6. The summed E-state index contributed by atoms with van der Waals surface area (Å²) in [6.45, 7) is 4.98. The lowest BCUT2D eigenvalue weighted by Crippen LogP contribution is -2.44. The van der Waals surface area contributed by atoms with E-state index in [1.165, 1.54) is 16.5 Å². The Morgan fingerprint density at radius 3 is 2.80 bits per heavy atom. The fourth-order valence-corrected chi connectivity index (χ4v) is 8.77. The van der Waals surface area contributed by atoms with E-state index in [2.05, 4.69) is 59.7 Å². The van der Waals surface area contributed by atoms with Gasteiger partial charge in [0.05, 0.1) is 13.2 Å². The number of ketones is 1. The second kappa shape index (κ2) is 10.4. The molecule has 0 spiro atoms. The van der Waals surface area contributed by atoms with Crippen LogP contribution in [0.2, 0.25) is 0 Å². The van der Waals surface area contributed by atoms with Crippen molar-refractivity contribution in [2.75, 3.05) is 31.6 Å². The van der Waals surface area contributed by atoms with Crippen LogP contribution in [0.1, 0.15) is 68.9 Å². The van der Waals surface area contributed by atoms with Gasteiger partial charge in [-0.25, -0.2) is 0 Å². The zero-order valence-corrected chi connectivity index (χ0v) is 23.6. The molecule has 1 aromatic heterocycles. The predicted octanol–water partition coefficient (Wildman–Crippen LogP) is 6.59. The van der Waals surface area contributed by atoms with Crippen molar-refractivity contribution in [1.82, 2.24) is 9.88 Å². The number of amides is 1. The molecule has 2 saturated carbocycles. The Kier molecular flexibility index (Phi) is 6.69. The first-order valence-electron chi connectivity index (χ1n) is 15.4. The number of Topliss-reactive ketones (excluding diaryl/α,β-unsaturated/α-hetero) is 1. The van der Waals surface area contributed by atoms with Crippen molar-refractivity contribution in [3.05, 3.63) is 59.8 Å². The molecule has 3 aliphatic carbocycles. The van der Waals surface area contributed by atoms with E-state index in [4.69, 9.17) is 4.74 Å². The maximum Gasteiger partial charge on any atom is 0.222 e. The van der Waals surface area contributed by atoms with Crippen LogP contribution in [0.15, 0.2) is 48.7 Å². The van der Waals surface area contributed by atoms with Crippen molar-refractivity contribution in [2.24, 2.45) is 23.2 Å². The highest BCUT2D eigenvalue weighted by Crippen LogP contribution is 2.62. The lowest BCUT2D eigenvalue weighted by Gasteiger charge is -2.50. The number of benzene rings is 2. The van der Waals surface area contributed by atoms with Crippen LogP contribution in [0.3, 0.4) is 0 Å². The predicted molar refractivity (Wildman–Crippen MR) is 158 cm³/mol. The number of morpholine rings is 1. The minimum absolute atomic E-state index is 0.185. The molecule has 6 nitrogen and oxygen atoms in total. The zero-order chi connectivity index (χ0) is 27.3. The molecule has 2 heterocycles. The van der Waals surface area contributed by atoms with E-state index in [9.17, 15) is 9.59 Å². The smallest absolute Gasteiger partial charge is 0.222 e. The van der Waals surface area contributed by atoms with Gasteiger partial charge < -0.3 is 19.9 Å². The SMILES string of the molecule is C[C@]12CC[C@@H]3c4ccc(Nc5ccc6[nH]ccc6c5)cc4CC[C@H]3[C@@H]1[C@@H](CCCC(=O)N1CCOCC1)CC2=O. The maximum atomic E-state index is 13.4. The van der Waals surface area contributed by atoms with Gasteiger partial charge in [-0.1, -0.05) is 13.0 Å². The van der Waals surface area contributed by atoms with E-state index >= 15 is 0 Å². The molecular weight excluding hydrogens is 498 g/mol. The monoisotopic (exact) mass is 539 g/mol. The molecule has 210 valence electrons. The summed E-state index contributed by atoms with van der Waals surface area (Å²) in [5.74, 6) is 2.68. The summed E-state index contributed by atoms with van der Waals surface area (Å²) >= 11 is 0. The van der Waals surface area contributed by atoms with Crippen LogP contribution in [0.5, 0.6) is 0 Å². The van der Waals surface area contributed by atoms with Crippen molar-refractivity contribution in [1.29, 1.82) is 0 Å². The summed E-state index contributed by atoms with van der Waals surface area (Å²) in [6.07, 6.45) is 9.50. The zero-order valence-electron chi connectivity index (χ0n) is 23.6.